The summed E-state index contributed by atoms with van der Waals surface area (Å²) in [5, 5.41) is 7.33. The van der Waals surface area contributed by atoms with Crippen molar-refractivity contribution in [2.24, 2.45) is 5.10 Å². The van der Waals surface area contributed by atoms with Crippen LogP contribution in [0.3, 0.4) is 0 Å². The predicted octanol–water partition coefficient (Wildman–Crippen LogP) is 3.46. The van der Waals surface area contributed by atoms with Gasteiger partial charge in [0.1, 0.15) is 12.4 Å². The average Bonchev–Trinajstić information content (AvgIpc) is 2.55. The number of halogens is 1. The number of hydrogen-bond acceptors (Lipinski definition) is 3. The van der Waals surface area contributed by atoms with Gasteiger partial charge in [-0.05, 0) is 42.0 Å². The maximum atomic E-state index is 5.86. The van der Waals surface area contributed by atoms with E-state index < -0.39 is 0 Å². The Labute approximate surface area is 143 Å². The fraction of sp³-hybridized carbons (Fsp3) is 0.125. The summed E-state index contributed by atoms with van der Waals surface area (Å²) >= 11 is 8.38. The molecule has 0 unspecified atom stereocenters. The van der Waals surface area contributed by atoms with E-state index in [1.54, 1.807) is 13.3 Å². The number of benzene rings is 2. The van der Waals surface area contributed by atoms with Crippen molar-refractivity contribution in [2.75, 3.05) is 7.05 Å². The Morgan fingerprint density at radius 1 is 1.23 bits per heavy atom. The Morgan fingerprint density at radius 3 is 2.68 bits per heavy atom. The zero-order chi connectivity index (χ0) is 15.8. The van der Waals surface area contributed by atoms with Gasteiger partial charge in [-0.25, -0.2) is 0 Å². The minimum atomic E-state index is 0.463. The van der Waals surface area contributed by atoms with Crippen LogP contribution in [-0.4, -0.2) is 18.4 Å². The number of ether oxygens (including phenoxy) is 1. The molecule has 22 heavy (non-hydrogen) atoms. The second kappa shape index (κ2) is 8.51. The third-order valence-electron chi connectivity index (χ3n) is 2.82. The van der Waals surface area contributed by atoms with Gasteiger partial charge in [-0.1, -0.05) is 40.2 Å². The molecule has 0 aliphatic carbocycles. The highest BCUT2D eigenvalue weighted by Crippen LogP contribution is 2.18. The summed E-state index contributed by atoms with van der Waals surface area (Å²) in [5.41, 5.74) is 4.70. The van der Waals surface area contributed by atoms with Gasteiger partial charge in [0.05, 0.1) is 6.21 Å². The highest BCUT2D eigenvalue weighted by Gasteiger charge is 2.01. The monoisotopic (exact) mass is 377 g/mol. The van der Waals surface area contributed by atoms with Crippen LogP contribution >= 0.6 is 28.1 Å². The Hall–Kier alpha value is -1.92. The number of hydrogen-bond donors (Lipinski definition) is 2. The van der Waals surface area contributed by atoms with Crippen molar-refractivity contribution >= 4 is 39.5 Å². The normalized spacial score (nSPS) is 10.5. The van der Waals surface area contributed by atoms with Crippen LogP contribution in [-0.2, 0) is 6.61 Å². The lowest BCUT2D eigenvalue weighted by atomic mass is 10.2. The van der Waals surface area contributed by atoms with Crippen LogP contribution in [0, 0.1) is 0 Å². The Balaban J connectivity index is 2.01. The van der Waals surface area contributed by atoms with Crippen LogP contribution in [0.4, 0.5) is 0 Å². The number of para-hydroxylation sites is 1. The second-order valence-electron chi connectivity index (χ2n) is 4.40. The van der Waals surface area contributed by atoms with Gasteiger partial charge in [0.2, 0.25) is 0 Å². The van der Waals surface area contributed by atoms with E-state index in [1.807, 2.05) is 48.5 Å². The SMILES string of the molecule is CNC(=S)N/N=C/c1ccccc1OCc1ccc(Br)cc1. The van der Waals surface area contributed by atoms with E-state index in [1.165, 1.54) is 0 Å². The molecule has 114 valence electrons. The predicted molar refractivity (Wildman–Crippen MR) is 97.3 cm³/mol. The molecule has 0 heterocycles. The highest BCUT2D eigenvalue weighted by atomic mass is 79.9. The molecule has 0 atom stereocenters. The molecular formula is C16H16BrN3OS. The van der Waals surface area contributed by atoms with Gasteiger partial charge in [-0.15, -0.1) is 0 Å². The first-order valence-corrected chi connectivity index (χ1v) is 7.86. The molecule has 0 amide bonds. The zero-order valence-electron chi connectivity index (χ0n) is 12.0. The Bertz CT molecular complexity index is 659. The van der Waals surface area contributed by atoms with Crippen LogP contribution in [0.25, 0.3) is 0 Å². The molecule has 6 heteroatoms. The molecule has 0 fully saturated rings. The third kappa shape index (κ3) is 5.13. The minimum Gasteiger partial charge on any atom is -0.488 e. The Morgan fingerprint density at radius 2 is 1.95 bits per heavy atom. The van der Waals surface area contributed by atoms with E-state index in [0.717, 1.165) is 21.3 Å². The van der Waals surface area contributed by atoms with E-state index in [9.17, 15) is 0 Å². The summed E-state index contributed by atoms with van der Waals surface area (Å²) in [5.74, 6) is 0.770. The quantitative estimate of drug-likeness (QED) is 0.475. The van der Waals surface area contributed by atoms with Crippen molar-refractivity contribution in [2.45, 2.75) is 6.61 Å². The zero-order valence-corrected chi connectivity index (χ0v) is 14.4. The van der Waals surface area contributed by atoms with Crippen LogP contribution in [0.1, 0.15) is 11.1 Å². The molecule has 0 radical (unpaired) electrons. The minimum absolute atomic E-state index is 0.463. The molecule has 4 nitrogen and oxygen atoms in total. The largest absolute Gasteiger partial charge is 0.488 e. The van der Waals surface area contributed by atoms with Crippen LogP contribution in [0.15, 0.2) is 58.1 Å². The molecule has 2 rings (SSSR count). The van der Waals surface area contributed by atoms with Gasteiger partial charge in [-0.2, -0.15) is 5.10 Å². The lowest BCUT2D eigenvalue weighted by molar-refractivity contribution is 0.306. The van der Waals surface area contributed by atoms with Crippen molar-refractivity contribution in [1.82, 2.24) is 10.7 Å². The van der Waals surface area contributed by atoms with Crippen molar-refractivity contribution in [3.8, 4) is 5.75 Å². The van der Waals surface area contributed by atoms with Gasteiger partial charge in [0.15, 0.2) is 5.11 Å². The first kappa shape index (κ1) is 16.5. The van der Waals surface area contributed by atoms with E-state index in [2.05, 4.69) is 31.8 Å². The van der Waals surface area contributed by atoms with Crippen LogP contribution < -0.4 is 15.5 Å². The maximum absolute atomic E-state index is 5.86. The van der Waals surface area contributed by atoms with E-state index in [4.69, 9.17) is 17.0 Å². The standard InChI is InChI=1S/C16H16BrN3OS/c1-18-16(22)20-19-10-13-4-2-3-5-15(13)21-11-12-6-8-14(17)9-7-12/h2-10H,11H2,1H3,(H2,18,20,22)/b19-10+. The molecule has 0 saturated carbocycles. The fourth-order valence-electron chi connectivity index (χ4n) is 1.68. The molecule has 0 aromatic heterocycles. The second-order valence-corrected chi connectivity index (χ2v) is 5.73. The first-order chi connectivity index (χ1) is 10.7. The van der Waals surface area contributed by atoms with Gasteiger partial charge < -0.3 is 10.1 Å². The fourth-order valence-corrected chi connectivity index (χ4v) is 1.99. The summed E-state index contributed by atoms with van der Waals surface area (Å²) in [7, 11) is 1.74. The number of thiocarbonyl (C=S) groups is 1. The lowest BCUT2D eigenvalue weighted by Crippen LogP contribution is -2.28. The first-order valence-electron chi connectivity index (χ1n) is 6.66. The summed E-state index contributed by atoms with van der Waals surface area (Å²) in [4.78, 5) is 0. The summed E-state index contributed by atoms with van der Waals surface area (Å²) in [6.07, 6.45) is 1.68. The van der Waals surface area contributed by atoms with Gasteiger partial charge in [0.25, 0.3) is 0 Å². The number of rotatable bonds is 5. The van der Waals surface area contributed by atoms with Gasteiger partial charge in [-0.3, -0.25) is 5.43 Å². The van der Waals surface area contributed by atoms with E-state index in [0.29, 0.717) is 11.7 Å². The van der Waals surface area contributed by atoms with Crippen molar-refractivity contribution in [3.05, 3.63) is 64.1 Å². The molecule has 0 spiro atoms. The molecular weight excluding hydrogens is 362 g/mol. The summed E-state index contributed by atoms with van der Waals surface area (Å²) < 4.78 is 6.92. The molecule has 0 aliphatic heterocycles. The summed E-state index contributed by atoms with van der Waals surface area (Å²) in [6, 6.07) is 15.7. The van der Waals surface area contributed by atoms with Crippen LogP contribution in [0.2, 0.25) is 0 Å². The van der Waals surface area contributed by atoms with E-state index in [-0.39, 0.29) is 0 Å². The van der Waals surface area contributed by atoms with Gasteiger partial charge >= 0.3 is 0 Å². The Kier molecular flexibility index (Phi) is 6.36. The topological polar surface area (TPSA) is 45.7 Å². The smallest absolute Gasteiger partial charge is 0.186 e. The molecule has 0 saturated heterocycles. The third-order valence-corrected chi connectivity index (χ3v) is 3.65. The number of nitrogens with one attached hydrogen (secondary N) is 2. The molecule has 2 N–H and O–H groups in total. The highest BCUT2D eigenvalue weighted by molar-refractivity contribution is 9.10. The molecule has 2 aromatic carbocycles. The van der Waals surface area contributed by atoms with Gasteiger partial charge in [0, 0.05) is 17.1 Å². The summed E-state index contributed by atoms with van der Waals surface area (Å²) in [6.45, 7) is 0.500. The number of hydrazone groups is 1. The molecule has 2 aromatic rings. The van der Waals surface area contributed by atoms with Crippen molar-refractivity contribution in [1.29, 1.82) is 0 Å². The van der Waals surface area contributed by atoms with E-state index >= 15 is 0 Å². The number of nitrogens with zero attached hydrogens (tertiary/aromatic N) is 1. The molecule has 0 aliphatic rings. The average molecular weight is 378 g/mol. The van der Waals surface area contributed by atoms with Crippen molar-refractivity contribution in [3.63, 3.8) is 0 Å². The maximum Gasteiger partial charge on any atom is 0.186 e. The van der Waals surface area contributed by atoms with Crippen molar-refractivity contribution < 1.29 is 4.74 Å². The molecule has 0 bridgehead atoms. The van der Waals surface area contributed by atoms with Crippen LogP contribution in [0.5, 0.6) is 5.75 Å². The lowest BCUT2D eigenvalue weighted by Gasteiger charge is -2.09.